The first-order valence-corrected chi connectivity index (χ1v) is 7.19. The van der Waals surface area contributed by atoms with Crippen molar-refractivity contribution in [3.05, 3.63) is 29.8 Å². The molecule has 0 saturated heterocycles. The van der Waals surface area contributed by atoms with E-state index in [9.17, 15) is 13.2 Å². The lowest BCUT2D eigenvalue weighted by molar-refractivity contribution is 0.0967. The van der Waals surface area contributed by atoms with Crippen LogP contribution < -0.4 is 4.72 Å². The van der Waals surface area contributed by atoms with Crippen LogP contribution in [0.25, 0.3) is 0 Å². The normalized spacial score (nSPS) is 15.7. The summed E-state index contributed by atoms with van der Waals surface area (Å²) < 4.78 is 26.7. The maximum atomic E-state index is 11.8. The zero-order chi connectivity index (χ0) is 13.3. The Morgan fingerprint density at radius 1 is 1.22 bits per heavy atom. The summed E-state index contributed by atoms with van der Waals surface area (Å²) in [5.74, 6) is 0.325. The SMILES string of the molecule is CN(C)S(=O)(=O)Nc1ccc(C(=O)C2CC2)cc1. The molecule has 98 valence electrons. The number of rotatable bonds is 5. The molecule has 1 aliphatic carbocycles. The Balaban J connectivity index is 2.10. The number of nitrogens with one attached hydrogen (secondary N) is 1. The average Bonchev–Trinajstić information content (AvgIpc) is 3.12. The Labute approximate surface area is 107 Å². The molecule has 1 saturated carbocycles. The predicted molar refractivity (Wildman–Crippen MR) is 69.7 cm³/mol. The number of ketones is 1. The highest BCUT2D eigenvalue weighted by molar-refractivity contribution is 7.90. The molecule has 0 unspecified atom stereocenters. The van der Waals surface area contributed by atoms with E-state index in [0.29, 0.717) is 11.3 Å². The summed E-state index contributed by atoms with van der Waals surface area (Å²) in [6.45, 7) is 0. The minimum absolute atomic E-state index is 0.150. The van der Waals surface area contributed by atoms with Gasteiger partial charge in [-0.3, -0.25) is 9.52 Å². The van der Waals surface area contributed by atoms with Crippen LogP contribution in [0, 0.1) is 5.92 Å². The van der Waals surface area contributed by atoms with Crippen LogP contribution in [0.1, 0.15) is 23.2 Å². The Morgan fingerprint density at radius 2 is 1.78 bits per heavy atom. The van der Waals surface area contributed by atoms with Gasteiger partial charge in [-0.25, -0.2) is 0 Å². The van der Waals surface area contributed by atoms with Crippen molar-refractivity contribution in [1.29, 1.82) is 0 Å². The fourth-order valence-electron chi connectivity index (χ4n) is 1.52. The monoisotopic (exact) mass is 268 g/mol. The van der Waals surface area contributed by atoms with Crippen LogP contribution in [0.15, 0.2) is 24.3 Å². The molecular weight excluding hydrogens is 252 g/mol. The van der Waals surface area contributed by atoms with Gasteiger partial charge in [0.05, 0.1) is 0 Å². The van der Waals surface area contributed by atoms with Gasteiger partial charge in [-0.15, -0.1) is 0 Å². The van der Waals surface area contributed by atoms with Crippen molar-refractivity contribution in [2.24, 2.45) is 5.92 Å². The molecule has 1 aromatic carbocycles. The third kappa shape index (κ3) is 2.88. The van der Waals surface area contributed by atoms with Crippen LogP contribution in [0.2, 0.25) is 0 Å². The van der Waals surface area contributed by atoms with Gasteiger partial charge >= 0.3 is 10.2 Å². The van der Waals surface area contributed by atoms with E-state index < -0.39 is 10.2 Å². The Bertz CT molecular complexity index is 545. The van der Waals surface area contributed by atoms with Gasteiger partial charge in [0.2, 0.25) is 0 Å². The molecule has 1 aliphatic rings. The number of Topliss-reactive ketones (excluding diaryl/α,β-unsaturated/α-hetero) is 1. The second-order valence-electron chi connectivity index (χ2n) is 4.61. The molecular formula is C12H16N2O3S. The quantitative estimate of drug-likeness (QED) is 0.823. The molecule has 0 spiro atoms. The molecule has 6 heteroatoms. The van der Waals surface area contributed by atoms with Crippen molar-refractivity contribution < 1.29 is 13.2 Å². The van der Waals surface area contributed by atoms with Crippen molar-refractivity contribution in [2.45, 2.75) is 12.8 Å². The highest BCUT2D eigenvalue weighted by Crippen LogP contribution is 2.32. The topological polar surface area (TPSA) is 66.5 Å². The van der Waals surface area contributed by atoms with Crippen molar-refractivity contribution in [1.82, 2.24) is 4.31 Å². The van der Waals surface area contributed by atoms with Crippen LogP contribution in [0.4, 0.5) is 5.69 Å². The Kier molecular flexibility index (Phi) is 3.41. The second kappa shape index (κ2) is 4.70. The van der Waals surface area contributed by atoms with Gasteiger partial charge in [-0.1, -0.05) is 0 Å². The minimum atomic E-state index is -3.49. The van der Waals surface area contributed by atoms with E-state index in [1.165, 1.54) is 14.1 Å². The summed E-state index contributed by atoms with van der Waals surface area (Å²) in [7, 11) is -0.587. The molecule has 0 radical (unpaired) electrons. The second-order valence-corrected chi connectivity index (χ2v) is 6.49. The Hall–Kier alpha value is -1.40. The fourth-order valence-corrected chi connectivity index (χ4v) is 2.14. The summed E-state index contributed by atoms with van der Waals surface area (Å²) in [6, 6.07) is 6.54. The molecule has 0 atom stereocenters. The lowest BCUT2D eigenvalue weighted by Crippen LogP contribution is -2.28. The van der Waals surface area contributed by atoms with Crippen LogP contribution in [0.5, 0.6) is 0 Å². The van der Waals surface area contributed by atoms with Gasteiger partial charge in [-0.2, -0.15) is 12.7 Å². The summed E-state index contributed by atoms with van der Waals surface area (Å²) >= 11 is 0. The maximum absolute atomic E-state index is 11.8. The average molecular weight is 268 g/mol. The summed E-state index contributed by atoms with van der Waals surface area (Å²) in [6.07, 6.45) is 1.93. The van der Waals surface area contributed by atoms with Gasteiger partial charge in [-0.05, 0) is 37.1 Å². The van der Waals surface area contributed by atoms with E-state index in [2.05, 4.69) is 4.72 Å². The number of nitrogens with zero attached hydrogens (tertiary/aromatic N) is 1. The molecule has 5 nitrogen and oxygen atoms in total. The molecule has 0 aliphatic heterocycles. The standard InChI is InChI=1S/C12H16N2O3S/c1-14(2)18(16,17)13-11-7-5-10(6-8-11)12(15)9-3-4-9/h5-9,13H,3-4H2,1-2H3. The number of carbonyl (C=O) groups excluding carboxylic acids is 1. The van der Waals surface area contributed by atoms with Crippen LogP contribution in [-0.4, -0.2) is 32.6 Å². The molecule has 0 aromatic heterocycles. The first-order valence-electron chi connectivity index (χ1n) is 5.75. The highest BCUT2D eigenvalue weighted by Gasteiger charge is 2.30. The number of hydrogen-bond acceptors (Lipinski definition) is 3. The molecule has 1 N–H and O–H groups in total. The van der Waals surface area contributed by atoms with E-state index in [4.69, 9.17) is 0 Å². The third-order valence-corrected chi connectivity index (χ3v) is 4.30. The van der Waals surface area contributed by atoms with E-state index in [1.807, 2.05) is 0 Å². The lowest BCUT2D eigenvalue weighted by Gasteiger charge is -2.13. The molecule has 1 aromatic rings. The number of benzene rings is 1. The predicted octanol–water partition coefficient (Wildman–Crippen LogP) is 1.50. The van der Waals surface area contributed by atoms with Gasteiger partial charge in [0.25, 0.3) is 0 Å². The molecule has 1 fully saturated rings. The highest BCUT2D eigenvalue weighted by atomic mass is 32.2. The summed E-state index contributed by atoms with van der Waals surface area (Å²) in [4.78, 5) is 11.8. The molecule has 18 heavy (non-hydrogen) atoms. The summed E-state index contributed by atoms with van der Waals surface area (Å²) in [5.41, 5.74) is 1.10. The molecule has 0 bridgehead atoms. The molecule has 0 amide bonds. The number of carbonyl (C=O) groups is 1. The zero-order valence-corrected chi connectivity index (χ0v) is 11.2. The molecule has 0 heterocycles. The zero-order valence-electron chi connectivity index (χ0n) is 10.4. The molecule has 2 rings (SSSR count). The van der Waals surface area contributed by atoms with Gasteiger partial charge in [0.15, 0.2) is 5.78 Å². The van der Waals surface area contributed by atoms with Gasteiger partial charge in [0.1, 0.15) is 0 Å². The van der Waals surface area contributed by atoms with Gasteiger partial charge in [0, 0.05) is 31.3 Å². The van der Waals surface area contributed by atoms with Crippen LogP contribution in [-0.2, 0) is 10.2 Å². The van der Waals surface area contributed by atoms with Crippen molar-refractivity contribution in [2.75, 3.05) is 18.8 Å². The smallest absolute Gasteiger partial charge is 0.294 e. The van der Waals surface area contributed by atoms with E-state index >= 15 is 0 Å². The van der Waals surface area contributed by atoms with E-state index in [-0.39, 0.29) is 11.7 Å². The summed E-state index contributed by atoms with van der Waals surface area (Å²) in [5, 5.41) is 0. The Morgan fingerprint density at radius 3 is 2.22 bits per heavy atom. The maximum Gasteiger partial charge on any atom is 0.301 e. The van der Waals surface area contributed by atoms with Crippen LogP contribution >= 0.6 is 0 Å². The fraction of sp³-hybridized carbons (Fsp3) is 0.417. The van der Waals surface area contributed by atoms with Crippen molar-refractivity contribution >= 4 is 21.7 Å². The first-order chi connectivity index (χ1) is 8.40. The number of hydrogen-bond donors (Lipinski definition) is 1. The number of anilines is 1. The van der Waals surface area contributed by atoms with Crippen molar-refractivity contribution in [3.8, 4) is 0 Å². The first kappa shape index (κ1) is 13.0. The van der Waals surface area contributed by atoms with Crippen LogP contribution in [0.3, 0.4) is 0 Å². The third-order valence-electron chi connectivity index (χ3n) is 2.85. The minimum Gasteiger partial charge on any atom is -0.294 e. The van der Waals surface area contributed by atoms with E-state index in [0.717, 1.165) is 17.1 Å². The van der Waals surface area contributed by atoms with E-state index in [1.54, 1.807) is 24.3 Å². The largest absolute Gasteiger partial charge is 0.301 e. The lowest BCUT2D eigenvalue weighted by atomic mass is 10.1. The van der Waals surface area contributed by atoms with Gasteiger partial charge < -0.3 is 0 Å². The van der Waals surface area contributed by atoms with Crippen molar-refractivity contribution in [3.63, 3.8) is 0 Å².